The van der Waals surface area contributed by atoms with Gasteiger partial charge in [-0.05, 0) is 44.7 Å². The van der Waals surface area contributed by atoms with Crippen molar-refractivity contribution < 1.29 is 9.13 Å². The maximum atomic E-state index is 14.2. The highest BCUT2D eigenvalue weighted by atomic mass is 19.1. The quantitative estimate of drug-likeness (QED) is 0.801. The van der Waals surface area contributed by atoms with Crippen LogP contribution in [0.2, 0.25) is 0 Å². The number of alkyl halides is 1. The normalized spacial score (nSPS) is 16.1. The Morgan fingerprint density at radius 1 is 1.24 bits per heavy atom. The van der Waals surface area contributed by atoms with Gasteiger partial charge in [0.25, 0.3) is 0 Å². The second-order valence-electron chi connectivity index (χ2n) is 6.88. The second kappa shape index (κ2) is 7.21. The van der Waals surface area contributed by atoms with Gasteiger partial charge in [0.1, 0.15) is 12.4 Å². The number of ether oxygens (including phenoxy) is 1. The molecule has 0 spiro atoms. The first-order chi connectivity index (χ1) is 11.9. The van der Waals surface area contributed by atoms with E-state index in [0.29, 0.717) is 18.5 Å². The van der Waals surface area contributed by atoms with E-state index in [1.807, 2.05) is 30.3 Å². The molecule has 25 heavy (non-hydrogen) atoms. The summed E-state index contributed by atoms with van der Waals surface area (Å²) in [7, 11) is 0. The number of benzene rings is 1. The summed E-state index contributed by atoms with van der Waals surface area (Å²) in [5.41, 5.74) is 4.04. The second-order valence-corrected chi connectivity index (χ2v) is 6.88. The van der Waals surface area contributed by atoms with E-state index in [1.165, 1.54) is 20.3 Å². The Bertz CT molecular complexity index is 700. The van der Waals surface area contributed by atoms with E-state index in [2.05, 4.69) is 20.3 Å². The minimum Gasteiger partial charge on any atom is -0.491 e. The third-order valence-corrected chi connectivity index (χ3v) is 4.39. The van der Waals surface area contributed by atoms with Gasteiger partial charge >= 0.3 is 0 Å². The summed E-state index contributed by atoms with van der Waals surface area (Å²) in [6.07, 6.45) is 3.45. The Kier molecular flexibility index (Phi) is 5.01. The van der Waals surface area contributed by atoms with Gasteiger partial charge in [0, 0.05) is 0 Å². The summed E-state index contributed by atoms with van der Waals surface area (Å²) < 4.78 is 20.0. The molecule has 0 saturated heterocycles. The van der Waals surface area contributed by atoms with Crippen LogP contribution >= 0.6 is 0 Å². The van der Waals surface area contributed by atoms with E-state index in [4.69, 9.17) is 10.5 Å². The van der Waals surface area contributed by atoms with Crippen molar-refractivity contribution in [3.63, 3.8) is 0 Å². The molecule has 0 aliphatic heterocycles. The molecule has 3 N–H and O–H groups in total. The van der Waals surface area contributed by atoms with Crippen LogP contribution in [0, 0.1) is 5.92 Å². The molecule has 1 aliphatic rings. The Morgan fingerprint density at radius 3 is 2.56 bits per heavy atom. The van der Waals surface area contributed by atoms with E-state index in [1.54, 1.807) is 0 Å². The maximum Gasteiger partial charge on any atom is 0.228 e. The lowest BCUT2D eigenvalue weighted by molar-refractivity contribution is 0.198. The van der Waals surface area contributed by atoms with E-state index in [0.717, 1.165) is 18.6 Å². The van der Waals surface area contributed by atoms with Crippen LogP contribution < -0.4 is 15.8 Å². The number of halogens is 1. The van der Waals surface area contributed by atoms with Gasteiger partial charge in [0.2, 0.25) is 11.9 Å². The molecule has 1 aromatic heterocycles. The molecule has 3 rings (SSSR count). The molecule has 7 heteroatoms. The van der Waals surface area contributed by atoms with Crippen molar-refractivity contribution in [2.45, 2.75) is 44.8 Å². The first kappa shape index (κ1) is 17.4. The number of anilines is 2. The van der Waals surface area contributed by atoms with Crippen molar-refractivity contribution in [3.05, 3.63) is 36.2 Å². The zero-order valence-electron chi connectivity index (χ0n) is 14.6. The third-order valence-electron chi connectivity index (χ3n) is 4.39. The predicted octanol–water partition coefficient (Wildman–Crippen LogP) is 3.32. The lowest BCUT2D eigenvalue weighted by atomic mass is 9.80. The molecule has 1 heterocycles. The monoisotopic (exact) mass is 345 g/mol. The fourth-order valence-corrected chi connectivity index (χ4v) is 2.73. The van der Waals surface area contributed by atoms with Crippen LogP contribution in [0.15, 0.2) is 30.3 Å². The van der Waals surface area contributed by atoms with Crippen LogP contribution in [0.4, 0.5) is 16.3 Å². The van der Waals surface area contributed by atoms with Crippen LogP contribution in [0.1, 0.15) is 38.9 Å². The zero-order valence-corrected chi connectivity index (χ0v) is 14.6. The number of nitrogens with zero attached hydrogens (tertiary/aromatic N) is 3. The molecule has 0 bridgehead atoms. The minimum absolute atomic E-state index is 0.00885. The number of nitrogens with one attached hydrogen (secondary N) is 1. The highest BCUT2D eigenvalue weighted by molar-refractivity contribution is 5.34. The molecule has 6 nitrogen and oxygen atoms in total. The molecule has 1 saturated carbocycles. The number of nitrogen functional groups attached to an aromatic ring is 1. The van der Waals surface area contributed by atoms with Gasteiger partial charge in [-0.2, -0.15) is 15.0 Å². The van der Waals surface area contributed by atoms with Crippen LogP contribution in [0.3, 0.4) is 0 Å². The molecule has 1 aliphatic carbocycles. The number of hydrogen-bond acceptors (Lipinski definition) is 6. The van der Waals surface area contributed by atoms with Crippen LogP contribution in [0.5, 0.6) is 5.75 Å². The van der Waals surface area contributed by atoms with Crippen molar-refractivity contribution >= 4 is 11.9 Å². The highest BCUT2D eigenvalue weighted by Crippen LogP contribution is 2.31. The van der Waals surface area contributed by atoms with Crippen LogP contribution in [0.25, 0.3) is 0 Å². The van der Waals surface area contributed by atoms with Crippen molar-refractivity contribution in [2.24, 2.45) is 5.92 Å². The van der Waals surface area contributed by atoms with Crippen molar-refractivity contribution in [3.8, 4) is 5.75 Å². The molecular formula is C18H24FN5O. The number of nitrogens with two attached hydrogens (primary N) is 1. The number of rotatable bonds is 7. The zero-order chi connectivity index (χ0) is 17.9. The smallest absolute Gasteiger partial charge is 0.228 e. The lowest BCUT2D eigenvalue weighted by Crippen LogP contribution is -2.39. The SMILES string of the molecule is CC(C)(F)c1nc(N)nc(NC(COc2ccccc2)C2CCC2)n1. The number of hydrogen-bond donors (Lipinski definition) is 2. The summed E-state index contributed by atoms with van der Waals surface area (Å²) in [5, 5.41) is 3.27. The van der Waals surface area contributed by atoms with Gasteiger partial charge in [-0.25, -0.2) is 4.39 Å². The third kappa shape index (κ3) is 4.55. The van der Waals surface area contributed by atoms with Crippen LogP contribution in [-0.2, 0) is 5.67 Å². The van der Waals surface area contributed by atoms with E-state index < -0.39 is 5.67 Å². The lowest BCUT2D eigenvalue weighted by Gasteiger charge is -2.34. The number of para-hydroxylation sites is 1. The van der Waals surface area contributed by atoms with Gasteiger partial charge in [0.15, 0.2) is 11.5 Å². The largest absolute Gasteiger partial charge is 0.491 e. The molecule has 1 atom stereocenters. The summed E-state index contributed by atoms with van der Waals surface area (Å²) >= 11 is 0. The average molecular weight is 345 g/mol. The molecule has 1 fully saturated rings. The molecule has 2 aromatic rings. The summed E-state index contributed by atoms with van der Waals surface area (Å²) in [6.45, 7) is 3.27. The fourth-order valence-electron chi connectivity index (χ4n) is 2.73. The van der Waals surface area contributed by atoms with Crippen molar-refractivity contribution in [2.75, 3.05) is 17.7 Å². The van der Waals surface area contributed by atoms with Gasteiger partial charge < -0.3 is 15.8 Å². The topological polar surface area (TPSA) is 86.0 Å². The maximum absolute atomic E-state index is 14.2. The standard InChI is InChI=1S/C18H24FN5O/c1-18(2,19)15-22-16(20)24-17(23-15)21-14(12-7-6-8-12)11-25-13-9-4-3-5-10-13/h3-5,9-10,12,14H,6-8,11H2,1-2H3,(H3,20,21,22,23,24). The van der Waals surface area contributed by atoms with Crippen LogP contribution in [-0.4, -0.2) is 27.6 Å². The Morgan fingerprint density at radius 2 is 1.96 bits per heavy atom. The Hall–Kier alpha value is -2.44. The Labute approximate surface area is 147 Å². The van der Waals surface area contributed by atoms with Gasteiger partial charge in [-0.15, -0.1) is 0 Å². The predicted molar refractivity (Wildman–Crippen MR) is 95.1 cm³/mol. The van der Waals surface area contributed by atoms with E-state index in [9.17, 15) is 4.39 Å². The van der Waals surface area contributed by atoms with Gasteiger partial charge in [0.05, 0.1) is 6.04 Å². The minimum atomic E-state index is -1.68. The van der Waals surface area contributed by atoms with E-state index in [-0.39, 0.29) is 17.8 Å². The molecule has 0 radical (unpaired) electrons. The molecular weight excluding hydrogens is 321 g/mol. The summed E-state index contributed by atoms with van der Waals surface area (Å²) in [6, 6.07) is 9.69. The number of aromatic nitrogens is 3. The van der Waals surface area contributed by atoms with Crippen molar-refractivity contribution in [1.82, 2.24) is 15.0 Å². The molecule has 0 amide bonds. The van der Waals surface area contributed by atoms with Gasteiger partial charge in [-0.1, -0.05) is 24.6 Å². The first-order valence-electron chi connectivity index (χ1n) is 8.57. The molecule has 134 valence electrons. The molecule has 1 unspecified atom stereocenters. The summed E-state index contributed by atoms with van der Waals surface area (Å²) in [5.74, 6) is 1.62. The summed E-state index contributed by atoms with van der Waals surface area (Å²) in [4.78, 5) is 12.2. The van der Waals surface area contributed by atoms with Crippen molar-refractivity contribution in [1.29, 1.82) is 0 Å². The average Bonchev–Trinajstić information content (AvgIpc) is 2.50. The highest BCUT2D eigenvalue weighted by Gasteiger charge is 2.30. The Balaban J connectivity index is 1.73. The fraction of sp³-hybridized carbons (Fsp3) is 0.500. The van der Waals surface area contributed by atoms with E-state index >= 15 is 0 Å². The molecule has 1 aromatic carbocycles. The first-order valence-corrected chi connectivity index (χ1v) is 8.57. The van der Waals surface area contributed by atoms with Gasteiger partial charge in [-0.3, -0.25) is 0 Å².